The van der Waals surface area contributed by atoms with Crippen LogP contribution in [0.25, 0.3) is 0 Å². The second-order valence-electron chi connectivity index (χ2n) is 2.86. The predicted octanol–water partition coefficient (Wildman–Crippen LogP) is 1.28. The van der Waals surface area contributed by atoms with Crippen LogP contribution in [0.5, 0.6) is 0 Å². The standard InChI is InChI=1S/C9H17NO/c1-3-9(4-2)10-5-7-11-8-6-10/h3,9H,1,4-8H2,2H3. The number of ether oxygens (including phenoxy) is 1. The van der Waals surface area contributed by atoms with E-state index in [9.17, 15) is 0 Å². The fourth-order valence-electron chi connectivity index (χ4n) is 1.48. The summed E-state index contributed by atoms with van der Waals surface area (Å²) < 4.78 is 5.26. The molecule has 1 aliphatic heterocycles. The van der Waals surface area contributed by atoms with Gasteiger partial charge in [0.05, 0.1) is 13.2 Å². The molecule has 1 aliphatic rings. The lowest BCUT2D eigenvalue weighted by Crippen LogP contribution is -2.42. The topological polar surface area (TPSA) is 12.5 Å². The Hall–Kier alpha value is -0.340. The monoisotopic (exact) mass is 155 g/mol. The normalized spacial score (nSPS) is 23.0. The molecule has 0 amide bonds. The van der Waals surface area contributed by atoms with Crippen LogP contribution in [0, 0.1) is 0 Å². The quantitative estimate of drug-likeness (QED) is 0.569. The lowest BCUT2D eigenvalue weighted by Gasteiger charge is -2.31. The predicted molar refractivity (Wildman–Crippen MR) is 46.7 cm³/mol. The largest absolute Gasteiger partial charge is 0.379 e. The molecule has 2 heteroatoms. The fourth-order valence-corrected chi connectivity index (χ4v) is 1.48. The van der Waals surface area contributed by atoms with Gasteiger partial charge >= 0.3 is 0 Å². The summed E-state index contributed by atoms with van der Waals surface area (Å²) in [7, 11) is 0. The molecule has 1 saturated heterocycles. The first-order chi connectivity index (χ1) is 5.38. The second-order valence-corrected chi connectivity index (χ2v) is 2.86. The van der Waals surface area contributed by atoms with Crippen molar-refractivity contribution < 1.29 is 4.74 Å². The van der Waals surface area contributed by atoms with Gasteiger partial charge in [-0.2, -0.15) is 0 Å². The highest BCUT2D eigenvalue weighted by molar-refractivity contribution is 4.87. The minimum absolute atomic E-state index is 0.555. The van der Waals surface area contributed by atoms with Crippen LogP contribution in [-0.4, -0.2) is 37.2 Å². The van der Waals surface area contributed by atoms with Crippen molar-refractivity contribution in [2.24, 2.45) is 0 Å². The van der Waals surface area contributed by atoms with Crippen molar-refractivity contribution in [1.29, 1.82) is 0 Å². The molecule has 0 aliphatic carbocycles. The van der Waals surface area contributed by atoms with Gasteiger partial charge in [-0.25, -0.2) is 0 Å². The molecular formula is C9H17NO. The van der Waals surface area contributed by atoms with Crippen molar-refractivity contribution in [1.82, 2.24) is 4.90 Å². The Kier molecular flexibility index (Phi) is 3.60. The van der Waals surface area contributed by atoms with Crippen molar-refractivity contribution in [3.8, 4) is 0 Å². The van der Waals surface area contributed by atoms with Crippen LogP contribution in [0.2, 0.25) is 0 Å². The Labute approximate surface area is 68.8 Å². The molecule has 0 aromatic rings. The van der Waals surface area contributed by atoms with Crippen molar-refractivity contribution in [3.05, 3.63) is 12.7 Å². The zero-order valence-corrected chi connectivity index (χ0v) is 7.25. The van der Waals surface area contributed by atoms with E-state index in [2.05, 4.69) is 18.4 Å². The first-order valence-electron chi connectivity index (χ1n) is 4.32. The first kappa shape index (κ1) is 8.75. The maximum absolute atomic E-state index is 5.26. The van der Waals surface area contributed by atoms with Gasteiger partial charge < -0.3 is 4.74 Å². The van der Waals surface area contributed by atoms with E-state index >= 15 is 0 Å². The van der Waals surface area contributed by atoms with Gasteiger partial charge in [-0.05, 0) is 6.42 Å². The number of nitrogens with zero attached hydrogens (tertiary/aromatic N) is 1. The summed E-state index contributed by atoms with van der Waals surface area (Å²) in [5, 5.41) is 0. The maximum Gasteiger partial charge on any atom is 0.0594 e. The smallest absolute Gasteiger partial charge is 0.0594 e. The van der Waals surface area contributed by atoms with E-state index in [1.54, 1.807) is 0 Å². The van der Waals surface area contributed by atoms with Crippen LogP contribution in [0.1, 0.15) is 13.3 Å². The molecule has 0 radical (unpaired) electrons. The number of rotatable bonds is 3. The number of hydrogen-bond acceptors (Lipinski definition) is 2. The first-order valence-corrected chi connectivity index (χ1v) is 4.32. The summed E-state index contributed by atoms with van der Waals surface area (Å²) in [6, 6.07) is 0.555. The minimum atomic E-state index is 0.555. The molecule has 1 fully saturated rings. The van der Waals surface area contributed by atoms with Crippen LogP contribution in [0.3, 0.4) is 0 Å². The highest BCUT2D eigenvalue weighted by atomic mass is 16.5. The Morgan fingerprint density at radius 2 is 2.18 bits per heavy atom. The number of morpholine rings is 1. The SMILES string of the molecule is C=CC(CC)N1CCOCC1. The van der Waals surface area contributed by atoms with Gasteiger partial charge in [-0.1, -0.05) is 13.0 Å². The molecule has 0 bridgehead atoms. The van der Waals surface area contributed by atoms with Crippen LogP contribution < -0.4 is 0 Å². The summed E-state index contributed by atoms with van der Waals surface area (Å²) in [4.78, 5) is 2.43. The van der Waals surface area contributed by atoms with E-state index < -0.39 is 0 Å². The average Bonchev–Trinajstić information content (AvgIpc) is 2.09. The van der Waals surface area contributed by atoms with E-state index in [1.807, 2.05) is 6.08 Å². The summed E-state index contributed by atoms with van der Waals surface area (Å²) in [5.74, 6) is 0. The molecule has 2 nitrogen and oxygen atoms in total. The van der Waals surface area contributed by atoms with E-state index in [-0.39, 0.29) is 0 Å². The van der Waals surface area contributed by atoms with Gasteiger partial charge in [0.25, 0.3) is 0 Å². The third kappa shape index (κ3) is 2.31. The Morgan fingerprint density at radius 1 is 1.55 bits per heavy atom. The fraction of sp³-hybridized carbons (Fsp3) is 0.778. The zero-order valence-electron chi connectivity index (χ0n) is 7.25. The molecule has 1 rings (SSSR count). The Morgan fingerprint density at radius 3 is 2.64 bits per heavy atom. The molecule has 64 valence electrons. The molecule has 0 spiro atoms. The van der Waals surface area contributed by atoms with Crippen molar-refractivity contribution >= 4 is 0 Å². The van der Waals surface area contributed by atoms with Crippen molar-refractivity contribution in [2.45, 2.75) is 19.4 Å². The third-order valence-electron chi connectivity index (χ3n) is 2.21. The van der Waals surface area contributed by atoms with E-state index in [0.717, 1.165) is 32.7 Å². The average molecular weight is 155 g/mol. The summed E-state index contributed by atoms with van der Waals surface area (Å²) in [6.45, 7) is 9.90. The van der Waals surface area contributed by atoms with Gasteiger partial charge in [0, 0.05) is 19.1 Å². The van der Waals surface area contributed by atoms with Crippen LogP contribution in [0.4, 0.5) is 0 Å². The van der Waals surface area contributed by atoms with Gasteiger partial charge in [-0.15, -0.1) is 6.58 Å². The Balaban J connectivity index is 2.35. The van der Waals surface area contributed by atoms with E-state index in [4.69, 9.17) is 4.74 Å². The molecular weight excluding hydrogens is 138 g/mol. The lowest BCUT2D eigenvalue weighted by molar-refractivity contribution is 0.0251. The maximum atomic E-state index is 5.26. The summed E-state index contributed by atoms with van der Waals surface area (Å²) in [5.41, 5.74) is 0. The van der Waals surface area contributed by atoms with Crippen LogP contribution in [-0.2, 0) is 4.74 Å². The molecule has 11 heavy (non-hydrogen) atoms. The van der Waals surface area contributed by atoms with Gasteiger partial charge in [0.1, 0.15) is 0 Å². The van der Waals surface area contributed by atoms with Gasteiger partial charge in [0.2, 0.25) is 0 Å². The molecule has 1 unspecified atom stereocenters. The van der Waals surface area contributed by atoms with E-state index in [0.29, 0.717) is 6.04 Å². The molecule has 1 atom stereocenters. The van der Waals surface area contributed by atoms with Gasteiger partial charge in [0.15, 0.2) is 0 Å². The highest BCUT2D eigenvalue weighted by Gasteiger charge is 2.15. The third-order valence-corrected chi connectivity index (χ3v) is 2.21. The van der Waals surface area contributed by atoms with Crippen molar-refractivity contribution in [3.63, 3.8) is 0 Å². The number of hydrogen-bond donors (Lipinski definition) is 0. The Bertz CT molecular complexity index is 119. The molecule has 0 aromatic carbocycles. The van der Waals surface area contributed by atoms with Gasteiger partial charge in [-0.3, -0.25) is 4.90 Å². The lowest BCUT2D eigenvalue weighted by atomic mass is 10.2. The molecule has 0 N–H and O–H groups in total. The molecule has 0 saturated carbocycles. The van der Waals surface area contributed by atoms with E-state index in [1.165, 1.54) is 0 Å². The van der Waals surface area contributed by atoms with Crippen LogP contribution >= 0.6 is 0 Å². The molecule has 1 heterocycles. The second kappa shape index (κ2) is 4.52. The van der Waals surface area contributed by atoms with Crippen molar-refractivity contribution in [2.75, 3.05) is 26.3 Å². The summed E-state index contributed by atoms with van der Waals surface area (Å²) >= 11 is 0. The minimum Gasteiger partial charge on any atom is -0.379 e. The van der Waals surface area contributed by atoms with Crippen LogP contribution in [0.15, 0.2) is 12.7 Å². The highest BCUT2D eigenvalue weighted by Crippen LogP contribution is 2.07. The summed E-state index contributed by atoms with van der Waals surface area (Å²) in [6.07, 6.45) is 3.19. The molecule has 0 aromatic heterocycles. The zero-order chi connectivity index (χ0) is 8.10.